The molecule has 0 amide bonds. The van der Waals surface area contributed by atoms with Gasteiger partial charge in [-0.25, -0.2) is 0 Å². The first-order valence-electron chi connectivity index (χ1n) is 11.2. The van der Waals surface area contributed by atoms with Crippen LogP contribution in [0.3, 0.4) is 0 Å². The lowest BCUT2D eigenvalue weighted by Gasteiger charge is -2.43. The van der Waals surface area contributed by atoms with E-state index in [1.165, 1.54) is 0 Å². The molecule has 0 radical (unpaired) electrons. The van der Waals surface area contributed by atoms with Crippen molar-refractivity contribution in [2.75, 3.05) is 19.8 Å². The average molecular weight is 415 g/mol. The summed E-state index contributed by atoms with van der Waals surface area (Å²) in [6.07, 6.45) is 4.38. The number of hydrogen-bond acceptors (Lipinski definition) is 5. The summed E-state index contributed by atoms with van der Waals surface area (Å²) in [7, 11) is 0. The van der Waals surface area contributed by atoms with Crippen LogP contribution in [0.15, 0.2) is 11.8 Å². The fourth-order valence-corrected chi connectivity index (χ4v) is 3.22. The molecular formula is C24H50N2O3. The van der Waals surface area contributed by atoms with Crippen molar-refractivity contribution in [1.82, 2.24) is 0 Å². The SMILES string of the molecule is CCCOC(C)(C)CC(CC(C)(C)OC/C(C)=C/N)C(C)(C)OCC(C)C(C)N. The summed E-state index contributed by atoms with van der Waals surface area (Å²) in [5.41, 5.74) is 11.8. The Morgan fingerprint density at radius 3 is 1.90 bits per heavy atom. The molecule has 0 heterocycles. The molecule has 0 saturated heterocycles. The highest BCUT2D eigenvalue weighted by molar-refractivity contribution is 4.96. The Hall–Kier alpha value is -0.620. The van der Waals surface area contributed by atoms with Crippen molar-refractivity contribution < 1.29 is 14.2 Å². The Labute approximate surface area is 180 Å². The molecule has 174 valence electrons. The van der Waals surface area contributed by atoms with Crippen LogP contribution in [0.5, 0.6) is 0 Å². The van der Waals surface area contributed by atoms with Gasteiger partial charge in [0, 0.05) is 12.6 Å². The molecule has 0 aromatic heterocycles. The maximum Gasteiger partial charge on any atom is 0.0698 e. The minimum absolute atomic E-state index is 0.111. The molecule has 5 nitrogen and oxygen atoms in total. The second-order valence-electron chi connectivity index (χ2n) is 10.5. The van der Waals surface area contributed by atoms with Crippen LogP contribution in [0, 0.1) is 11.8 Å². The van der Waals surface area contributed by atoms with Crippen LogP contribution in [0.2, 0.25) is 0 Å². The molecule has 0 fully saturated rings. The van der Waals surface area contributed by atoms with Gasteiger partial charge in [-0.2, -0.15) is 0 Å². The van der Waals surface area contributed by atoms with E-state index in [1.807, 2.05) is 13.8 Å². The smallest absolute Gasteiger partial charge is 0.0698 e. The molecule has 29 heavy (non-hydrogen) atoms. The summed E-state index contributed by atoms with van der Waals surface area (Å²) in [6, 6.07) is 0.111. The normalized spacial score (nSPS) is 17.3. The van der Waals surface area contributed by atoms with E-state index in [1.54, 1.807) is 6.20 Å². The minimum atomic E-state index is -0.324. The zero-order chi connectivity index (χ0) is 22.9. The summed E-state index contributed by atoms with van der Waals surface area (Å²) >= 11 is 0. The maximum atomic E-state index is 6.44. The number of ether oxygens (including phenoxy) is 3. The van der Waals surface area contributed by atoms with Crippen LogP contribution in [0.25, 0.3) is 0 Å². The van der Waals surface area contributed by atoms with E-state index in [0.717, 1.165) is 31.4 Å². The lowest BCUT2D eigenvalue weighted by atomic mass is 9.76. The molecular weight excluding hydrogens is 364 g/mol. The van der Waals surface area contributed by atoms with Crippen molar-refractivity contribution in [3.8, 4) is 0 Å². The fraction of sp³-hybridized carbons (Fsp3) is 0.917. The molecule has 0 bridgehead atoms. The predicted molar refractivity (Wildman–Crippen MR) is 124 cm³/mol. The molecule has 5 heteroatoms. The highest BCUT2D eigenvalue weighted by atomic mass is 16.5. The van der Waals surface area contributed by atoms with E-state index >= 15 is 0 Å². The second kappa shape index (κ2) is 12.3. The minimum Gasteiger partial charge on any atom is -0.405 e. The van der Waals surface area contributed by atoms with Crippen LogP contribution < -0.4 is 11.5 Å². The molecule has 3 unspecified atom stereocenters. The Morgan fingerprint density at radius 2 is 1.45 bits per heavy atom. The summed E-state index contributed by atoms with van der Waals surface area (Å²) in [6.45, 7) is 23.2. The molecule has 0 rings (SSSR count). The van der Waals surface area contributed by atoms with E-state index < -0.39 is 0 Å². The molecule has 0 aromatic carbocycles. The van der Waals surface area contributed by atoms with Crippen molar-refractivity contribution in [1.29, 1.82) is 0 Å². The molecule has 0 aliphatic rings. The quantitative estimate of drug-likeness (QED) is 0.393. The first-order chi connectivity index (χ1) is 13.2. The van der Waals surface area contributed by atoms with Crippen LogP contribution in [-0.4, -0.2) is 42.7 Å². The van der Waals surface area contributed by atoms with Gasteiger partial charge in [0.25, 0.3) is 0 Å². The Bertz CT molecular complexity index is 485. The van der Waals surface area contributed by atoms with Gasteiger partial charge in [-0.15, -0.1) is 0 Å². The van der Waals surface area contributed by atoms with Crippen LogP contribution in [-0.2, 0) is 14.2 Å². The zero-order valence-electron chi connectivity index (χ0n) is 20.9. The third kappa shape index (κ3) is 12.0. The van der Waals surface area contributed by atoms with Crippen molar-refractivity contribution in [3.63, 3.8) is 0 Å². The lowest BCUT2D eigenvalue weighted by molar-refractivity contribution is -0.129. The summed E-state index contributed by atoms with van der Waals surface area (Å²) in [4.78, 5) is 0. The standard InChI is InChI=1S/C24H50N2O3/c1-11-12-27-22(5,6)13-21(14-23(7,8)28-16-18(2)15-25)24(9,10)29-17-19(3)20(4)26/h15,19-21H,11-14,16-17,25-26H2,1-10H3/b18-15+. The Morgan fingerprint density at radius 1 is 0.931 bits per heavy atom. The summed E-state index contributed by atoms with van der Waals surface area (Å²) < 4.78 is 18.8. The number of nitrogens with two attached hydrogens (primary N) is 2. The molecule has 3 atom stereocenters. The molecule has 0 aliphatic heterocycles. The zero-order valence-corrected chi connectivity index (χ0v) is 20.9. The molecule has 0 saturated carbocycles. The first-order valence-corrected chi connectivity index (χ1v) is 11.2. The highest BCUT2D eigenvalue weighted by Gasteiger charge is 2.39. The van der Waals surface area contributed by atoms with E-state index in [4.69, 9.17) is 25.7 Å². The summed E-state index contributed by atoms with van der Waals surface area (Å²) in [5, 5.41) is 0. The molecule has 0 aliphatic carbocycles. The molecule has 0 aromatic rings. The predicted octanol–water partition coefficient (Wildman–Crippen LogP) is 5.02. The van der Waals surface area contributed by atoms with Gasteiger partial charge < -0.3 is 25.7 Å². The Balaban J connectivity index is 5.41. The van der Waals surface area contributed by atoms with Gasteiger partial charge in [-0.05, 0) is 98.3 Å². The third-order valence-corrected chi connectivity index (χ3v) is 5.75. The van der Waals surface area contributed by atoms with Crippen LogP contribution >= 0.6 is 0 Å². The van der Waals surface area contributed by atoms with Gasteiger partial charge in [0.2, 0.25) is 0 Å². The van der Waals surface area contributed by atoms with E-state index in [2.05, 4.69) is 55.4 Å². The molecule has 4 N–H and O–H groups in total. The van der Waals surface area contributed by atoms with Crippen molar-refractivity contribution in [2.24, 2.45) is 23.3 Å². The Kier molecular flexibility index (Phi) is 12.0. The van der Waals surface area contributed by atoms with Gasteiger partial charge >= 0.3 is 0 Å². The molecule has 0 spiro atoms. The van der Waals surface area contributed by atoms with E-state index in [0.29, 0.717) is 19.1 Å². The maximum absolute atomic E-state index is 6.44. The highest BCUT2D eigenvalue weighted by Crippen LogP contribution is 2.38. The van der Waals surface area contributed by atoms with Gasteiger partial charge in [-0.3, -0.25) is 0 Å². The third-order valence-electron chi connectivity index (χ3n) is 5.75. The topological polar surface area (TPSA) is 79.7 Å². The second-order valence-corrected chi connectivity index (χ2v) is 10.5. The monoisotopic (exact) mass is 414 g/mol. The van der Waals surface area contributed by atoms with Gasteiger partial charge in [0.15, 0.2) is 0 Å². The summed E-state index contributed by atoms with van der Waals surface area (Å²) in [5.74, 6) is 0.563. The fourth-order valence-electron chi connectivity index (χ4n) is 3.22. The van der Waals surface area contributed by atoms with Crippen molar-refractivity contribution in [3.05, 3.63) is 11.8 Å². The largest absolute Gasteiger partial charge is 0.405 e. The number of hydrogen-bond donors (Lipinski definition) is 2. The van der Waals surface area contributed by atoms with Crippen molar-refractivity contribution >= 4 is 0 Å². The van der Waals surface area contributed by atoms with Gasteiger partial charge in [-0.1, -0.05) is 13.8 Å². The van der Waals surface area contributed by atoms with Gasteiger partial charge in [0.1, 0.15) is 0 Å². The van der Waals surface area contributed by atoms with Gasteiger partial charge in [0.05, 0.1) is 30.0 Å². The van der Waals surface area contributed by atoms with Crippen LogP contribution in [0.4, 0.5) is 0 Å². The van der Waals surface area contributed by atoms with Crippen LogP contribution in [0.1, 0.15) is 88.5 Å². The first kappa shape index (κ1) is 28.4. The van der Waals surface area contributed by atoms with E-state index in [-0.39, 0.29) is 28.8 Å². The lowest BCUT2D eigenvalue weighted by Crippen LogP contribution is -2.45. The van der Waals surface area contributed by atoms with Crippen molar-refractivity contribution in [2.45, 2.75) is 111 Å². The van der Waals surface area contributed by atoms with E-state index in [9.17, 15) is 0 Å². The number of rotatable bonds is 15. The average Bonchev–Trinajstić information content (AvgIpc) is 2.61.